The van der Waals surface area contributed by atoms with Crippen molar-refractivity contribution < 1.29 is 0 Å². The number of nitriles is 1. The quantitative estimate of drug-likeness (QED) is 0.0957. The molecule has 5 nitrogen and oxygen atoms in total. The molecule has 458 valence electrons. The van der Waals surface area contributed by atoms with E-state index in [9.17, 15) is 5.26 Å². The molecule has 6 heteroatoms. The van der Waals surface area contributed by atoms with Crippen LogP contribution in [0.15, 0.2) is 291 Å². The van der Waals surface area contributed by atoms with E-state index in [1.165, 1.54) is 71.7 Å². The second-order valence-electron chi connectivity index (χ2n) is 27.8. The summed E-state index contributed by atoms with van der Waals surface area (Å²) in [5.41, 5.74) is 30.6. The molecule has 96 heavy (non-hydrogen) atoms. The lowest BCUT2D eigenvalue weighted by Crippen LogP contribution is -2.62. The van der Waals surface area contributed by atoms with E-state index in [1.807, 2.05) is 36.4 Å². The number of nitrogens with zero attached hydrogens (tertiary/aromatic N) is 5. The number of aromatic nitrogens is 1. The summed E-state index contributed by atoms with van der Waals surface area (Å²) in [6.45, 7) is 22.9. The molecule has 0 radical (unpaired) electrons. The Bertz CT molecular complexity index is 5010. The third-order valence-corrected chi connectivity index (χ3v) is 19.9. The van der Waals surface area contributed by atoms with Crippen LogP contribution in [0.3, 0.4) is 0 Å². The van der Waals surface area contributed by atoms with Gasteiger partial charge in [-0.05, 0) is 171 Å². The summed E-state index contributed by atoms with van der Waals surface area (Å²) in [5.74, 6) is 0. The van der Waals surface area contributed by atoms with Crippen molar-refractivity contribution in [2.45, 2.75) is 65.5 Å². The number of rotatable bonds is 11. The second kappa shape index (κ2) is 23.7. The van der Waals surface area contributed by atoms with E-state index in [1.54, 1.807) is 0 Å². The van der Waals surface area contributed by atoms with Gasteiger partial charge in [-0.3, -0.25) is 0 Å². The van der Waals surface area contributed by atoms with Gasteiger partial charge in [-0.1, -0.05) is 278 Å². The van der Waals surface area contributed by atoms with E-state index >= 15 is 0 Å². The van der Waals surface area contributed by atoms with Gasteiger partial charge in [0.2, 0.25) is 0 Å². The van der Waals surface area contributed by atoms with Gasteiger partial charge in [0.1, 0.15) is 0 Å². The number of para-hydroxylation sites is 2. The lowest BCUT2D eigenvalue weighted by Gasteiger charge is -2.45. The Morgan fingerprint density at radius 2 is 0.750 bits per heavy atom. The van der Waals surface area contributed by atoms with E-state index in [2.05, 4.69) is 322 Å². The number of anilines is 4. The van der Waals surface area contributed by atoms with Gasteiger partial charge in [0.25, 0.3) is 6.71 Å². The zero-order valence-corrected chi connectivity index (χ0v) is 54.9. The van der Waals surface area contributed by atoms with Crippen LogP contribution in [0, 0.1) is 17.9 Å². The number of fused-ring (bicyclic) bond motifs is 7. The Balaban J connectivity index is 1.06. The molecule has 0 fully saturated rings. The highest BCUT2D eigenvalue weighted by Gasteiger charge is 2.44. The summed E-state index contributed by atoms with van der Waals surface area (Å²) in [5, 5.41) is 12.8. The summed E-state index contributed by atoms with van der Waals surface area (Å²) in [6.07, 6.45) is 0. The molecular weight excluding hydrogens is 1160 g/mol. The molecule has 3 heterocycles. The largest absolute Gasteiger partial charge is 0.338 e. The fourth-order valence-corrected chi connectivity index (χ4v) is 15.1. The minimum absolute atomic E-state index is 0.163. The smallest absolute Gasteiger partial charge is 0.252 e. The van der Waals surface area contributed by atoms with Crippen LogP contribution in [0.2, 0.25) is 0 Å². The maximum absolute atomic E-state index is 10.4. The molecule has 16 rings (SSSR count). The Labute approximate surface area is 564 Å². The maximum Gasteiger partial charge on any atom is 0.252 e. The van der Waals surface area contributed by atoms with E-state index in [0.29, 0.717) is 24.3 Å². The van der Waals surface area contributed by atoms with Crippen LogP contribution < -0.4 is 26.2 Å². The molecule has 2 aliphatic rings. The molecule has 2 aliphatic heterocycles. The van der Waals surface area contributed by atoms with Crippen molar-refractivity contribution in [3.8, 4) is 78.5 Å². The molecule has 0 amide bonds. The van der Waals surface area contributed by atoms with Crippen LogP contribution in [0.1, 0.15) is 69.4 Å². The standard InChI is InChI=1S/C90H70BN5/c1-89(2,3)68-50-74(60-27-12-8-13-28-60)78(75(51-68)61-29-14-9-15-30-61)57-94-84-48-66(64-35-24-26-59(46-64)56-92)42-44-80(84)91-81-45-43-67(65-36-25-37-70(47-65)93-7)49-85(81)95(87-55-71(54-86(94)88(87)91)96-82-40-22-20-38-72(82)73-39-21-23-41-83(73)96)58-79-76(62-31-16-10-17-32-62)52-69(90(4,5)6)53-77(79)63-33-18-11-19-34-63/h8-55H,57-58H2,1-6H3. The van der Waals surface area contributed by atoms with Gasteiger partial charge in [-0.25, -0.2) is 4.85 Å². The first-order valence-corrected chi connectivity index (χ1v) is 33.3. The monoisotopic (exact) mass is 1230 g/mol. The fourth-order valence-electron chi connectivity index (χ4n) is 15.1. The van der Waals surface area contributed by atoms with Crippen molar-refractivity contribution >= 4 is 73.3 Å². The predicted molar refractivity (Wildman–Crippen MR) is 404 cm³/mol. The van der Waals surface area contributed by atoms with Crippen LogP contribution in [0.25, 0.3) is 99.1 Å². The normalized spacial score (nSPS) is 12.5. The van der Waals surface area contributed by atoms with Crippen molar-refractivity contribution in [2.75, 3.05) is 9.80 Å². The zero-order chi connectivity index (χ0) is 65.4. The van der Waals surface area contributed by atoms with E-state index in [0.717, 1.165) is 84.0 Å². The molecule has 0 bridgehead atoms. The zero-order valence-electron chi connectivity index (χ0n) is 54.9. The number of benzene rings is 13. The van der Waals surface area contributed by atoms with Crippen LogP contribution in [0.4, 0.5) is 28.4 Å². The Morgan fingerprint density at radius 1 is 0.375 bits per heavy atom. The molecule has 0 aliphatic carbocycles. The lowest BCUT2D eigenvalue weighted by molar-refractivity contribution is 0.590. The van der Waals surface area contributed by atoms with Crippen molar-refractivity contribution in [3.05, 3.63) is 330 Å². The van der Waals surface area contributed by atoms with Crippen molar-refractivity contribution in [3.63, 3.8) is 0 Å². The summed E-state index contributed by atoms with van der Waals surface area (Å²) in [7, 11) is 0. The highest BCUT2D eigenvalue weighted by Crippen LogP contribution is 2.49. The van der Waals surface area contributed by atoms with Crippen molar-refractivity contribution in [1.29, 1.82) is 5.26 Å². The minimum Gasteiger partial charge on any atom is -0.338 e. The van der Waals surface area contributed by atoms with Crippen LogP contribution >= 0.6 is 0 Å². The first-order chi connectivity index (χ1) is 46.8. The lowest BCUT2D eigenvalue weighted by atomic mass is 9.33. The van der Waals surface area contributed by atoms with Crippen molar-refractivity contribution in [2.24, 2.45) is 0 Å². The molecule has 0 unspecified atom stereocenters. The number of hydrogen-bond donors (Lipinski definition) is 0. The topological polar surface area (TPSA) is 39.6 Å². The Hall–Kier alpha value is -11.7. The predicted octanol–water partition coefficient (Wildman–Crippen LogP) is 21.6. The second-order valence-corrected chi connectivity index (χ2v) is 27.8. The molecule has 0 saturated heterocycles. The average molecular weight is 1230 g/mol. The van der Waals surface area contributed by atoms with Gasteiger partial charge in [0, 0.05) is 46.6 Å². The minimum atomic E-state index is -0.237. The summed E-state index contributed by atoms with van der Waals surface area (Å²) < 4.78 is 2.50. The van der Waals surface area contributed by atoms with Gasteiger partial charge in [-0.2, -0.15) is 5.26 Å². The van der Waals surface area contributed by atoms with Gasteiger partial charge in [-0.15, -0.1) is 0 Å². The van der Waals surface area contributed by atoms with Gasteiger partial charge in [0.05, 0.1) is 34.9 Å². The highest BCUT2D eigenvalue weighted by molar-refractivity contribution is 7.00. The highest BCUT2D eigenvalue weighted by atomic mass is 15.2. The Kier molecular flexibility index (Phi) is 14.6. The molecule has 0 spiro atoms. The third kappa shape index (κ3) is 10.4. The maximum atomic E-state index is 10.4. The number of hydrogen-bond acceptors (Lipinski definition) is 3. The first-order valence-electron chi connectivity index (χ1n) is 33.3. The van der Waals surface area contributed by atoms with Crippen LogP contribution in [-0.2, 0) is 23.9 Å². The molecule has 13 aromatic carbocycles. The fraction of sp³-hybridized carbons (Fsp3) is 0.111. The molecule has 1 aromatic heterocycles. The Morgan fingerprint density at radius 3 is 1.16 bits per heavy atom. The summed E-state index contributed by atoms with van der Waals surface area (Å²) >= 11 is 0. The van der Waals surface area contributed by atoms with E-state index < -0.39 is 0 Å². The SMILES string of the molecule is [C-]#[N+]c1cccc(-c2ccc3c(c2)N(Cc2c(-c4ccccc4)cc(C(C)(C)C)cc2-c2ccccc2)c2cc(-n4c5ccccc5c5ccccc54)cc4c2B3c2ccc(-c3cccc(C#N)c3)cc2N4Cc2c(-c3ccccc3)cc(C(C)(C)C)cc2-c2ccccc2)c1. The van der Waals surface area contributed by atoms with Crippen molar-refractivity contribution in [1.82, 2.24) is 4.57 Å². The average Bonchev–Trinajstić information content (AvgIpc) is 0.833. The van der Waals surface area contributed by atoms with Crippen LogP contribution in [0.5, 0.6) is 0 Å². The van der Waals surface area contributed by atoms with E-state index in [4.69, 9.17) is 6.57 Å². The summed E-state index contributed by atoms with van der Waals surface area (Å²) in [4.78, 5) is 9.25. The van der Waals surface area contributed by atoms with Gasteiger partial charge in [0.15, 0.2) is 5.69 Å². The van der Waals surface area contributed by atoms with E-state index in [-0.39, 0.29) is 17.5 Å². The van der Waals surface area contributed by atoms with Gasteiger partial charge >= 0.3 is 0 Å². The molecule has 0 saturated carbocycles. The summed E-state index contributed by atoms with van der Waals surface area (Å²) in [6, 6.07) is 109. The molecule has 0 N–H and O–H groups in total. The molecular formula is C90H70BN5. The van der Waals surface area contributed by atoms with Gasteiger partial charge < -0.3 is 14.4 Å². The van der Waals surface area contributed by atoms with Crippen LogP contribution in [-0.4, -0.2) is 11.3 Å². The molecule has 0 atom stereocenters. The molecule has 14 aromatic rings. The first kappa shape index (κ1) is 59.3. The third-order valence-electron chi connectivity index (χ3n) is 19.9.